The van der Waals surface area contributed by atoms with Crippen molar-refractivity contribution in [2.75, 3.05) is 0 Å². The molecule has 3 rings (SSSR count). The second-order valence-corrected chi connectivity index (χ2v) is 8.89. The maximum Gasteiger partial charge on any atom is 0.148 e. The number of hydrogen-bond acceptors (Lipinski definition) is 3. The molecule has 0 atom stereocenters. The second-order valence-electron chi connectivity index (χ2n) is 7.91. The topological polar surface area (TPSA) is 25.8 Å². The third-order valence-electron chi connectivity index (χ3n) is 6.85. The zero-order valence-corrected chi connectivity index (χ0v) is 19.1. The Morgan fingerprint density at radius 3 is 0.852 bits per heavy atom. The van der Waals surface area contributed by atoms with E-state index in [1.807, 2.05) is 0 Å². The molecule has 0 unspecified atom stereocenters. The molecule has 0 fully saturated rings. The largest absolute Gasteiger partial charge is 0.148 e. The van der Waals surface area contributed by atoms with Crippen LogP contribution in [0.4, 0.5) is 0 Å². The first-order valence-electron chi connectivity index (χ1n) is 9.56. The SMILES string of the molecule is Cc1c(C)c(C)c(-c2nnc(-c3c(C)c(C)c(C)c(C)c3C)s2)c(C)c1C. The molecule has 0 N–H and O–H groups in total. The average molecular weight is 379 g/mol. The Labute approximate surface area is 167 Å². The van der Waals surface area contributed by atoms with Crippen LogP contribution in [0.15, 0.2) is 0 Å². The normalized spacial score (nSPS) is 11.3. The number of nitrogens with zero attached hydrogens (tertiary/aromatic N) is 2. The summed E-state index contributed by atoms with van der Waals surface area (Å²) >= 11 is 1.72. The first-order valence-corrected chi connectivity index (χ1v) is 10.4. The summed E-state index contributed by atoms with van der Waals surface area (Å²) in [5.41, 5.74) is 16.0. The van der Waals surface area contributed by atoms with E-state index in [2.05, 4.69) is 79.4 Å². The predicted molar refractivity (Wildman–Crippen MR) is 118 cm³/mol. The van der Waals surface area contributed by atoms with Crippen LogP contribution in [-0.4, -0.2) is 10.2 Å². The molecule has 0 bridgehead atoms. The van der Waals surface area contributed by atoms with Crippen molar-refractivity contribution in [2.24, 2.45) is 0 Å². The van der Waals surface area contributed by atoms with Gasteiger partial charge in [0.15, 0.2) is 0 Å². The van der Waals surface area contributed by atoms with Gasteiger partial charge in [-0.05, 0) is 125 Å². The number of benzene rings is 2. The fraction of sp³-hybridized carbons (Fsp3) is 0.417. The van der Waals surface area contributed by atoms with Crippen LogP contribution in [-0.2, 0) is 0 Å². The maximum absolute atomic E-state index is 4.63. The summed E-state index contributed by atoms with van der Waals surface area (Å²) in [4.78, 5) is 0. The van der Waals surface area contributed by atoms with Gasteiger partial charge in [0.1, 0.15) is 10.0 Å². The summed E-state index contributed by atoms with van der Waals surface area (Å²) in [5.74, 6) is 0. The van der Waals surface area contributed by atoms with Gasteiger partial charge in [-0.15, -0.1) is 10.2 Å². The summed E-state index contributed by atoms with van der Waals surface area (Å²) in [6.45, 7) is 22.1. The van der Waals surface area contributed by atoms with Gasteiger partial charge in [-0.2, -0.15) is 0 Å². The molecule has 0 spiro atoms. The van der Waals surface area contributed by atoms with Gasteiger partial charge in [-0.1, -0.05) is 11.3 Å². The lowest BCUT2D eigenvalue weighted by Gasteiger charge is -2.17. The van der Waals surface area contributed by atoms with E-state index in [0.717, 1.165) is 10.0 Å². The van der Waals surface area contributed by atoms with Crippen LogP contribution in [0.1, 0.15) is 55.6 Å². The van der Waals surface area contributed by atoms with Gasteiger partial charge in [0.2, 0.25) is 0 Å². The highest BCUT2D eigenvalue weighted by Gasteiger charge is 2.21. The molecule has 0 radical (unpaired) electrons. The summed E-state index contributed by atoms with van der Waals surface area (Å²) in [5, 5.41) is 11.3. The van der Waals surface area contributed by atoms with Gasteiger partial charge in [-0.25, -0.2) is 0 Å². The molecule has 0 saturated carbocycles. The highest BCUT2D eigenvalue weighted by Crippen LogP contribution is 2.40. The molecule has 0 amide bonds. The monoisotopic (exact) mass is 378 g/mol. The summed E-state index contributed by atoms with van der Waals surface area (Å²) in [7, 11) is 0. The van der Waals surface area contributed by atoms with Crippen LogP contribution >= 0.6 is 11.3 Å². The third kappa shape index (κ3) is 2.93. The Morgan fingerprint density at radius 2 is 0.593 bits per heavy atom. The van der Waals surface area contributed by atoms with Crippen LogP contribution < -0.4 is 0 Å². The van der Waals surface area contributed by atoms with Crippen molar-refractivity contribution in [2.45, 2.75) is 69.2 Å². The fourth-order valence-electron chi connectivity index (χ4n) is 4.07. The Hall–Kier alpha value is -2.00. The van der Waals surface area contributed by atoms with Crippen LogP contribution in [0, 0.1) is 69.2 Å². The highest BCUT2D eigenvalue weighted by molar-refractivity contribution is 7.18. The predicted octanol–water partition coefficient (Wildman–Crippen LogP) is 6.96. The Balaban J connectivity index is 2.25. The molecule has 2 aromatic carbocycles. The minimum atomic E-state index is 1.03. The van der Waals surface area contributed by atoms with Crippen LogP contribution in [0.25, 0.3) is 21.1 Å². The van der Waals surface area contributed by atoms with Crippen molar-refractivity contribution >= 4 is 11.3 Å². The van der Waals surface area contributed by atoms with Gasteiger partial charge >= 0.3 is 0 Å². The van der Waals surface area contributed by atoms with Crippen LogP contribution in [0.5, 0.6) is 0 Å². The summed E-state index contributed by atoms with van der Waals surface area (Å²) < 4.78 is 0. The van der Waals surface area contributed by atoms with Gasteiger partial charge in [-0.3, -0.25) is 0 Å². The second kappa shape index (κ2) is 6.87. The van der Waals surface area contributed by atoms with E-state index in [1.54, 1.807) is 11.3 Å². The molecule has 0 aliphatic heterocycles. The number of aromatic nitrogens is 2. The molecule has 0 saturated heterocycles. The molecule has 2 nitrogen and oxygen atoms in total. The lowest BCUT2D eigenvalue weighted by atomic mass is 9.90. The van der Waals surface area contributed by atoms with E-state index in [1.165, 1.54) is 66.8 Å². The number of rotatable bonds is 2. The zero-order chi connectivity index (χ0) is 20.2. The molecule has 3 aromatic rings. The first kappa shape index (κ1) is 19.8. The van der Waals surface area contributed by atoms with E-state index in [9.17, 15) is 0 Å². The van der Waals surface area contributed by atoms with Crippen molar-refractivity contribution in [3.8, 4) is 21.1 Å². The van der Waals surface area contributed by atoms with Crippen molar-refractivity contribution < 1.29 is 0 Å². The smallest absolute Gasteiger partial charge is 0.138 e. The molecule has 27 heavy (non-hydrogen) atoms. The molecule has 142 valence electrons. The van der Waals surface area contributed by atoms with Gasteiger partial charge in [0, 0.05) is 11.1 Å². The minimum absolute atomic E-state index is 1.03. The quantitative estimate of drug-likeness (QED) is 0.482. The van der Waals surface area contributed by atoms with Crippen LogP contribution in [0.3, 0.4) is 0 Å². The molecule has 1 aromatic heterocycles. The van der Waals surface area contributed by atoms with E-state index in [4.69, 9.17) is 0 Å². The van der Waals surface area contributed by atoms with Gasteiger partial charge in [0.05, 0.1) is 0 Å². The van der Waals surface area contributed by atoms with E-state index < -0.39 is 0 Å². The van der Waals surface area contributed by atoms with Crippen molar-refractivity contribution in [3.05, 3.63) is 55.6 Å². The first-order chi connectivity index (χ1) is 12.6. The lowest BCUT2D eigenvalue weighted by Crippen LogP contribution is -1.99. The Kier molecular flexibility index (Phi) is 5.02. The van der Waals surface area contributed by atoms with E-state index in [-0.39, 0.29) is 0 Å². The van der Waals surface area contributed by atoms with Gasteiger partial charge in [0.25, 0.3) is 0 Å². The molecule has 1 heterocycles. The molecular formula is C24H30N2S. The summed E-state index contributed by atoms with van der Waals surface area (Å²) in [6, 6.07) is 0. The third-order valence-corrected chi connectivity index (χ3v) is 7.81. The molecular weight excluding hydrogens is 348 g/mol. The summed E-state index contributed by atoms with van der Waals surface area (Å²) in [6.07, 6.45) is 0. The highest BCUT2D eigenvalue weighted by atomic mass is 32.1. The maximum atomic E-state index is 4.63. The zero-order valence-electron chi connectivity index (χ0n) is 18.3. The minimum Gasteiger partial charge on any atom is -0.138 e. The van der Waals surface area contributed by atoms with Crippen molar-refractivity contribution in [1.82, 2.24) is 10.2 Å². The van der Waals surface area contributed by atoms with E-state index in [0.29, 0.717) is 0 Å². The van der Waals surface area contributed by atoms with Crippen molar-refractivity contribution in [1.29, 1.82) is 0 Å². The van der Waals surface area contributed by atoms with Crippen molar-refractivity contribution in [3.63, 3.8) is 0 Å². The molecule has 0 aliphatic rings. The van der Waals surface area contributed by atoms with Gasteiger partial charge < -0.3 is 0 Å². The molecule has 3 heteroatoms. The standard InChI is InChI=1S/C24H30N2S/c1-11-13(3)17(7)21(18(8)14(11)4)23-25-26-24(27-23)22-19(9)15(5)12(2)16(6)20(22)10/h1-10H3. The Bertz CT molecular complexity index is 929. The lowest BCUT2D eigenvalue weighted by molar-refractivity contribution is 1.08. The number of hydrogen-bond donors (Lipinski definition) is 0. The fourth-order valence-corrected chi connectivity index (χ4v) is 5.23. The van der Waals surface area contributed by atoms with E-state index >= 15 is 0 Å². The average Bonchev–Trinajstić information content (AvgIpc) is 3.11. The van der Waals surface area contributed by atoms with Crippen LogP contribution in [0.2, 0.25) is 0 Å². The molecule has 0 aliphatic carbocycles. The Morgan fingerprint density at radius 1 is 0.370 bits per heavy atom.